The van der Waals surface area contributed by atoms with E-state index in [4.69, 9.17) is 11.6 Å². The first-order valence-electron chi connectivity index (χ1n) is 7.51. The molecule has 0 aliphatic heterocycles. The van der Waals surface area contributed by atoms with E-state index in [-0.39, 0.29) is 12.1 Å². The van der Waals surface area contributed by atoms with Crippen LogP contribution in [0.15, 0.2) is 79.0 Å². The summed E-state index contributed by atoms with van der Waals surface area (Å²) in [6.07, 6.45) is 1.55. The Hall–Kier alpha value is -2.85. The van der Waals surface area contributed by atoms with Gasteiger partial charge in [-0.1, -0.05) is 72.3 Å². The SMILES string of the molecule is O=C(Nc1cc(Cl)ccn1)NC(c1ccccc1)c1ccccc1. The summed E-state index contributed by atoms with van der Waals surface area (Å²) in [4.78, 5) is 16.5. The van der Waals surface area contributed by atoms with Gasteiger partial charge in [0.25, 0.3) is 0 Å². The quantitative estimate of drug-likeness (QED) is 0.728. The number of nitrogens with one attached hydrogen (secondary N) is 2. The lowest BCUT2D eigenvalue weighted by atomic mass is 9.99. The first kappa shape index (κ1) is 16.0. The van der Waals surface area contributed by atoms with Gasteiger partial charge >= 0.3 is 6.03 Å². The van der Waals surface area contributed by atoms with Gasteiger partial charge in [0.15, 0.2) is 0 Å². The van der Waals surface area contributed by atoms with Gasteiger partial charge in [-0.25, -0.2) is 9.78 Å². The fourth-order valence-corrected chi connectivity index (χ4v) is 2.57. The zero-order valence-corrected chi connectivity index (χ0v) is 13.6. The number of carbonyl (C=O) groups is 1. The van der Waals surface area contributed by atoms with Crippen molar-refractivity contribution in [1.82, 2.24) is 10.3 Å². The molecule has 0 unspecified atom stereocenters. The van der Waals surface area contributed by atoms with Crippen molar-refractivity contribution >= 4 is 23.4 Å². The number of urea groups is 1. The van der Waals surface area contributed by atoms with E-state index in [0.717, 1.165) is 11.1 Å². The van der Waals surface area contributed by atoms with Gasteiger partial charge in [0.1, 0.15) is 5.82 Å². The summed E-state index contributed by atoms with van der Waals surface area (Å²) in [6.45, 7) is 0. The number of rotatable bonds is 4. The van der Waals surface area contributed by atoms with Gasteiger partial charge in [-0.3, -0.25) is 5.32 Å². The third-order valence-corrected chi connectivity index (χ3v) is 3.74. The summed E-state index contributed by atoms with van der Waals surface area (Å²) >= 11 is 5.91. The highest BCUT2D eigenvalue weighted by molar-refractivity contribution is 6.30. The number of hydrogen-bond acceptors (Lipinski definition) is 2. The molecule has 3 rings (SSSR count). The monoisotopic (exact) mass is 337 g/mol. The van der Waals surface area contributed by atoms with E-state index in [1.807, 2.05) is 60.7 Å². The minimum absolute atomic E-state index is 0.258. The van der Waals surface area contributed by atoms with Gasteiger partial charge in [-0.2, -0.15) is 0 Å². The molecule has 2 N–H and O–H groups in total. The first-order valence-corrected chi connectivity index (χ1v) is 7.89. The second kappa shape index (κ2) is 7.62. The van der Waals surface area contributed by atoms with Crippen molar-refractivity contribution in [2.24, 2.45) is 0 Å². The Morgan fingerprint density at radius 3 is 2.04 bits per heavy atom. The van der Waals surface area contributed by atoms with Gasteiger partial charge in [0.05, 0.1) is 6.04 Å². The van der Waals surface area contributed by atoms with Crippen molar-refractivity contribution in [3.05, 3.63) is 95.1 Å². The van der Waals surface area contributed by atoms with Crippen LogP contribution in [0.4, 0.5) is 10.6 Å². The van der Waals surface area contributed by atoms with Crippen molar-refractivity contribution < 1.29 is 4.79 Å². The van der Waals surface area contributed by atoms with Gasteiger partial charge < -0.3 is 5.32 Å². The summed E-state index contributed by atoms with van der Waals surface area (Å²) in [7, 11) is 0. The van der Waals surface area contributed by atoms with E-state index < -0.39 is 0 Å². The van der Waals surface area contributed by atoms with Crippen molar-refractivity contribution in [2.75, 3.05) is 5.32 Å². The Labute approximate surface area is 145 Å². The lowest BCUT2D eigenvalue weighted by Gasteiger charge is -2.20. The van der Waals surface area contributed by atoms with Crippen LogP contribution < -0.4 is 10.6 Å². The van der Waals surface area contributed by atoms with Gasteiger partial charge in [-0.05, 0) is 23.3 Å². The minimum atomic E-state index is -0.345. The first-order chi connectivity index (χ1) is 11.7. The zero-order chi connectivity index (χ0) is 16.8. The topological polar surface area (TPSA) is 54.0 Å². The largest absolute Gasteiger partial charge is 0.327 e. The number of pyridine rings is 1. The lowest BCUT2D eigenvalue weighted by Crippen LogP contribution is -2.33. The van der Waals surface area contributed by atoms with Crippen LogP contribution in [-0.4, -0.2) is 11.0 Å². The molecule has 0 spiro atoms. The zero-order valence-electron chi connectivity index (χ0n) is 12.8. The molecule has 4 nitrogen and oxygen atoms in total. The number of anilines is 1. The number of hydrogen-bond donors (Lipinski definition) is 2. The van der Waals surface area contributed by atoms with Crippen LogP contribution in [0.2, 0.25) is 5.02 Å². The molecule has 5 heteroatoms. The number of carbonyl (C=O) groups excluding carboxylic acids is 1. The van der Waals surface area contributed by atoms with E-state index >= 15 is 0 Å². The molecule has 3 aromatic rings. The van der Waals surface area contributed by atoms with Gasteiger partial charge in [0, 0.05) is 11.2 Å². The highest BCUT2D eigenvalue weighted by Gasteiger charge is 2.16. The molecule has 0 fully saturated rings. The molecular formula is C19H16ClN3O. The molecule has 0 saturated carbocycles. The lowest BCUT2D eigenvalue weighted by molar-refractivity contribution is 0.250. The number of aromatic nitrogens is 1. The molecule has 120 valence electrons. The highest BCUT2D eigenvalue weighted by atomic mass is 35.5. The maximum atomic E-state index is 12.4. The number of nitrogens with zero attached hydrogens (tertiary/aromatic N) is 1. The van der Waals surface area contributed by atoms with E-state index in [2.05, 4.69) is 15.6 Å². The van der Waals surface area contributed by atoms with E-state index in [1.54, 1.807) is 18.3 Å². The summed E-state index contributed by atoms with van der Waals surface area (Å²) in [5.41, 5.74) is 2.00. The summed E-state index contributed by atoms with van der Waals surface area (Å²) in [5.74, 6) is 0.403. The van der Waals surface area contributed by atoms with Crippen LogP contribution in [-0.2, 0) is 0 Å². The molecule has 1 aromatic heterocycles. The summed E-state index contributed by atoms with van der Waals surface area (Å²) < 4.78 is 0. The Bertz CT molecular complexity index is 770. The predicted molar refractivity (Wildman–Crippen MR) is 96.1 cm³/mol. The fraction of sp³-hybridized carbons (Fsp3) is 0.0526. The molecule has 0 saturated heterocycles. The molecule has 2 amide bonds. The van der Waals surface area contributed by atoms with Crippen LogP contribution in [0.3, 0.4) is 0 Å². The van der Waals surface area contributed by atoms with E-state index in [1.165, 1.54) is 0 Å². The van der Waals surface area contributed by atoms with Crippen LogP contribution >= 0.6 is 11.6 Å². The van der Waals surface area contributed by atoms with Crippen LogP contribution in [0.5, 0.6) is 0 Å². The third kappa shape index (κ3) is 4.12. The third-order valence-electron chi connectivity index (χ3n) is 3.50. The molecule has 0 aliphatic carbocycles. The molecule has 0 atom stereocenters. The highest BCUT2D eigenvalue weighted by Crippen LogP contribution is 2.22. The Kier molecular flexibility index (Phi) is 5.08. The molecular weight excluding hydrogens is 322 g/mol. The van der Waals surface area contributed by atoms with Crippen LogP contribution in [0.1, 0.15) is 17.2 Å². The fourth-order valence-electron chi connectivity index (χ4n) is 2.41. The minimum Gasteiger partial charge on any atom is -0.327 e. The maximum Gasteiger partial charge on any atom is 0.321 e. The van der Waals surface area contributed by atoms with Gasteiger partial charge in [-0.15, -0.1) is 0 Å². The smallest absolute Gasteiger partial charge is 0.321 e. The second-order valence-corrected chi connectivity index (χ2v) is 5.65. The predicted octanol–water partition coefficient (Wildman–Crippen LogP) is 4.65. The van der Waals surface area contributed by atoms with Gasteiger partial charge in [0.2, 0.25) is 0 Å². The number of amides is 2. The number of benzene rings is 2. The standard InChI is InChI=1S/C19H16ClN3O/c20-16-11-12-21-17(13-16)22-19(24)23-18(14-7-3-1-4-8-14)15-9-5-2-6-10-15/h1-13,18H,(H2,21,22,23,24). The molecule has 1 heterocycles. The Morgan fingerprint density at radius 2 is 1.50 bits per heavy atom. The second-order valence-electron chi connectivity index (χ2n) is 5.21. The average molecular weight is 338 g/mol. The molecule has 0 aliphatic rings. The van der Waals surface area contributed by atoms with Crippen molar-refractivity contribution in [1.29, 1.82) is 0 Å². The Morgan fingerprint density at radius 1 is 0.917 bits per heavy atom. The molecule has 24 heavy (non-hydrogen) atoms. The molecule has 0 radical (unpaired) electrons. The van der Waals surface area contributed by atoms with Crippen molar-refractivity contribution in [2.45, 2.75) is 6.04 Å². The summed E-state index contributed by atoms with van der Waals surface area (Å²) in [5, 5.41) is 6.21. The van der Waals surface area contributed by atoms with E-state index in [9.17, 15) is 4.79 Å². The number of halogens is 1. The van der Waals surface area contributed by atoms with E-state index in [0.29, 0.717) is 10.8 Å². The maximum absolute atomic E-state index is 12.4. The molecule has 2 aromatic carbocycles. The average Bonchev–Trinajstić information content (AvgIpc) is 2.61. The molecule has 0 bridgehead atoms. The van der Waals surface area contributed by atoms with Crippen molar-refractivity contribution in [3.63, 3.8) is 0 Å². The van der Waals surface area contributed by atoms with Crippen LogP contribution in [0.25, 0.3) is 0 Å². The van der Waals surface area contributed by atoms with Crippen LogP contribution in [0, 0.1) is 0 Å². The Balaban J connectivity index is 1.80. The van der Waals surface area contributed by atoms with Crippen molar-refractivity contribution in [3.8, 4) is 0 Å². The normalized spacial score (nSPS) is 10.4. The summed E-state index contributed by atoms with van der Waals surface area (Å²) in [6, 6.07) is 22.3.